The molecule has 0 spiro atoms. The van der Waals surface area contributed by atoms with Gasteiger partial charge in [-0.1, -0.05) is 25.3 Å². The van der Waals surface area contributed by atoms with Crippen molar-refractivity contribution in [3.05, 3.63) is 22.4 Å². The third-order valence-electron chi connectivity index (χ3n) is 5.10. The van der Waals surface area contributed by atoms with Gasteiger partial charge < -0.3 is 10.2 Å². The normalized spacial score (nSPS) is 24.9. The molecule has 2 fully saturated rings. The first-order chi connectivity index (χ1) is 9.83. The summed E-state index contributed by atoms with van der Waals surface area (Å²) >= 11 is 1.94. The van der Waals surface area contributed by atoms with Crippen LogP contribution >= 0.6 is 11.3 Å². The first-order valence-corrected chi connectivity index (χ1v) is 9.19. The van der Waals surface area contributed by atoms with Gasteiger partial charge in [-0.25, -0.2) is 0 Å². The molecule has 1 saturated carbocycles. The van der Waals surface area contributed by atoms with Crippen LogP contribution < -0.4 is 5.32 Å². The molecule has 1 saturated heterocycles. The minimum atomic E-state index is 0.615. The van der Waals surface area contributed by atoms with E-state index < -0.39 is 0 Å². The standard InChI is InChI=1S/C17H28N2S/c1-19-11-9-15(10-12-19)18-17(16-8-5-13-20-16)14-6-3-2-4-7-14/h5,8,13-15,17-18H,2-4,6-7,9-12H2,1H3/t17-/m0/s1. The molecule has 112 valence electrons. The van der Waals surface area contributed by atoms with Gasteiger partial charge in [0.2, 0.25) is 0 Å². The maximum Gasteiger partial charge on any atom is 0.0445 e. The van der Waals surface area contributed by atoms with E-state index in [1.54, 1.807) is 4.88 Å². The number of thiophene rings is 1. The topological polar surface area (TPSA) is 15.3 Å². The van der Waals surface area contributed by atoms with E-state index in [4.69, 9.17) is 0 Å². The highest BCUT2D eigenvalue weighted by molar-refractivity contribution is 7.10. The summed E-state index contributed by atoms with van der Waals surface area (Å²) in [5, 5.41) is 6.27. The van der Waals surface area contributed by atoms with Gasteiger partial charge in [0, 0.05) is 17.0 Å². The molecule has 1 atom stereocenters. The summed E-state index contributed by atoms with van der Waals surface area (Å²) in [7, 11) is 2.24. The lowest BCUT2D eigenvalue weighted by Gasteiger charge is -2.36. The fourth-order valence-corrected chi connectivity index (χ4v) is 4.69. The zero-order valence-electron chi connectivity index (χ0n) is 12.7. The highest BCUT2D eigenvalue weighted by Gasteiger charge is 2.28. The zero-order chi connectivity index (χ0) is 13.8. The third kappa shape index (κ3) is 3.63. The zero-order valence-corrected chi connectivity index (χ0v) is 13.5. The smallest absolute Gasteiger partial charge is 0.0445 e. The van der Waals surface area contributed by atoms with Gasteiger partial charge in [-0.2, -0.15) is 0 Å². The molecule has 20 heavy (non-hydrogen) atoms. The van der Waals surface area contributed by atoms with Crippen LogP contribution in [0.2, 0.25) is 0 Å². The van der Waals surface area contributed by atoms with Crippen LogP contribution in [0.3, 0.4) is 0 Å². The Morgan fingerprint density at radius 3 is 2.55 bits per heavy atom. The van der Waals surface area contributed by atoms with Crippen molar-refractivity contribution in [1.82, 2.24) is 10.2 Å². The summed E-state index contributed by atoms with van der Waals surface area (Å²) in [5.41, 5.74) is 0. The van der Waals surface area contributed by atoms with Crippen molar-refractivity contribution in [3.8, 4) is 0 Å². The van der Waals surface area contributed by atoms with E-state index in [-0.39, 0.29) is 0 Å². The molecule has 0 aromatic carbocycles. The van der Waals surface area contributed by atoms with Crippen molar-refractivity contribution >= 4 is 11.3 Å². The van der Waals surface area contributed by atoms with E-state index >= 15 is 0 Å². The SMILES string of the molecule is CN1CCC(N[C@H](c2cccs2)C2CCCCC2)CC1. The van der Waals surface area contributed by atoms with Gasteiger partial charge in [-0.15, -0.1) is 11.3 Å². The van der Waals surface area contributed by atoms with Crippen molar-refractivity contribution < 1.29 is 0 Å². The average Bonchev–Trinajstić information content (AvgIpc) is 3.01. The molecule has 1 aromatic heterocycles. The Morgan fingerprint density at radius 1 is 1.15 bits per heavy atom. The molecule has 1 aliphatic heterocycles. The fraction of sp³-hybridized carbons (Fsp3) is 0.765. The van der Waals surface area contributed by atoms with Gasteiger partial charge in [0.1, 0.15) is 0 Å². The molecule has 1 aliphatic carbocycles. The summed E-state index contributed by atoms with van der Waals surface area (Å²) < 4.78 is 0. The Morgan fingerprint density at radius 2 is 1.90 bits per heavy atom. The van der Waals surface area contributed by atoms with E-state index in [9.17, 15) is 0 Å². The molecule has 2 nitrogen and oxygen atoms in total. The monoisotopic (exact) mass is 292 g/mol. The molecule has 0 bridgehead atoms. The molecule has 0 amide bonds. The van der Waals surface area contributed by atoms with Gasteiger partial charge in [-0.3, -0.25) is 0 Å². The lowest BCUT2D eigenvalue weighted by Crippen LogP contribution is -2.44. The maximum atomic E-state index is 4.03. The number of likely N-dealkylation sites (tertiary alicyclic amines) is 1. The molecule has 2 heterocycles. The van der Waals surface area contributed by atoms with Gasteiger partial charge in [0.25, 0.3) is 0 Å². The predicted octanol–water partition coefficient (Wildman–Crippen LogP) is 4.05. The molecule has 3 rings (SSSR count). The Hall–Kier alpha value is -0.380. The lowest BCUT2D eigenvalue weighted by molar-refractivity contribution is 0.195. The minimum Gasteiger partial charge on any atom is -0.306 e. The minimum absolute atomic E-state index is 0.615. The van der Waals surface area contributed by atoms with Crippen LogP contribution in [0.25, 0.3) is 0 Å². The second-order valence-corrected chi connectivity index (χ2v) is 7.61. The van der Waals surface area contributed by atoms with Crippen LogP contribution in [0, 0.1) is 5.92 Å². The van der Waals surface area contributed by atoms with E-state index in [0.29, 0.717) is 6.04 Å². The van der Waals surface area contributed by atoms with Gasteiger partial charge in [0.05, 0.1) is 0 Å². The van der Waals surface area contributed by atoms with Crippen molar-refractivity contribution in [3.63, 3.8) is 0 Å². The van der Waals surface area contributed by atoms with Crippen molar-refractivity contribution in [2.24, 2.45) is 5.92 Å². The molecule has 2 aliphatic rings. The van der Waals surface area contributed by atoms with Crippen molar-refractivity contribution in [1.29, 1.82) is 0 Å². The Bertz CT molecular complexity index is 376. The predicted molar refractivity (Wildman–Crippen MR) is 87.3 cm³/mol. The average molecular weight is 292 g/mol. The van der Waals surface area contributed by atoms with Gasteiger partial charge in [-0.05, 0) is 63.2 Å². The number of nitrogens with one attached hydrogen (secondary N) is 1. The Balaban J connectivity index is 1.65. The third-order valence-corrected chi connectivity index (χ3v) is 6.06. The summed E-state index contributed by atoms with van der Waals surface area (Å²) in [6.07, 6.45) is 9.77. The highest BCUT2D eigenvalue weighted by atomic mass is 32.1. The van der Waals surface area contributed by atoms with Crippen LogP contribution in [-0.4, -0.2) is 31.1 Å². The summed E-state index contributed by atoms with van der Waals surface area (Å²) in [5.74, 6) is 0.863. The number of rotatable bonds is 4. The van der Waals surface area contributed by atoms with Crippen LogP contribution in [0.1, 0.15) is 55.9 Å². The van der Waals surface area contributed by atoms with Crippen LogP contribution in [0.4, 0.5) is 0 Å². The number of hydrogen-bond donors (Lipinski definition) is 1. The summed E-state index contributed by atoms with van der Waals surface area (Å²) in [6.45, 7) is 2.50. The first kappa shape index (κ1) is 14.6. The summed E-state index contributed by atoms with van der Waals surface area (Å²) in [4.78, 5) is 4.02. The first-order valence-electron chi connectivity index (χ1n) is 8.31. The highest BCUT2D eigenvalue weighted by Crippen LogP contribution is 2.37. The van der Waals surface area contributed by atoms with Crippen molar-refractivity contribution in [2.45, 2.75) is 57.0 Å². The van der Waals surface area contributed by atoms with E-state index in [2.05, 4.69) is 34.8 Å². The van der Waals surface area contributed by atoms with Crippen LogP contribution in [0.15, 0.2) is 17.5 Å². The van der Waals surface area contributed by atoms with Crippen LogP contribution in [0.5, 0.6) is 0 Å². The molecule has 0 radical (unpaired) electrons. The van der Waals surface area contributed by atoms with Crippen LogP contribution in [-0.2, 0) is 0 Å². The molecule has 1 N–H and O–H groups in total. The molecular formula is C17H28N2S. The van der Waals surface area contributed by atoms with E-state index in [0.717, 1.165) is 12.0 Å². The Kier molecular flexibility index (Phi) is 5.14. The fourth-order valence-electron chi connectivity index (χ4n) is 3.82. The maximum absolute atomic E-state index is 4.03. The van der Waals surface area contributed by atoms with E-state index in [1.165, 1.54) is 58.0 Å². The molecule has 1 aromatic rings. The molecule has 0 unspecified atom stereocenters. The van der Waals surface area contributed by atoms with Crippen molar-refractivity contribution in [2.75, 3.05) is 20.1 Å². The number of hydrogen-bond acceptors (Lipinski definition) is 3. The quantitative estimate of drug-likeness (QED) is 0.900. The van der Waals surface area contributed by atoms with Gasteiger partial charge >= 0.3 is 0 Å². The Labute approximate surface area is 127 Å². The van der Waals surface area contributed by atoms with E-state index in [1.807, 2.05) is 11.3 Å². The molecule has 3 heteroatoms. The largest absolute Gasteiger partial charge is 0.306 e. The van der Waals surface area contributed by atoms with Gasteiger partial charge in [0.15, 0.2) is 0 Å². The summed E-state index contributed by atoms with van der Waals surface area (Å²) in [6, 6.07) is 5.89. The lowest BCUT2D eigenvalue weighted by atomic mass is 9.82. The second kappa shape index (κ2) is 7.06. The molecular weight excluding hydrogens is 264 g/mol. The second-order valence-electron chi connectivity index (χ2n) is 6.64. The number of nitrogens with zero attached hydrogens (tertiary/aromatic N) is 1. The number of piperidine rings is 1.